The van der Waals surface area contributed by atoms with Gasteiger partial charge in [-0.2, -0.15) is 0 Å². The summed E-state index contributed by atoms with van der Waals surface area (Å²) in [5, 5.41) is 1.76. The van der Waals surface area contributed by atoms with E-state index in [1.807, 2.05) is 12.1 Å². The lowest BCUT2D eigenvalue weighted by Crippen LogP contribution is -1.80. The van der Waals surface area contributed by atoms with E-state index < -0.39 is 0 Å². The molecule has 1 aromatic carbocycles. The molecule has 4 heteroatoms. The average Bonchev–Trinajstić information content (AvgIpc) is 2.42. The maximum absolute atomic E-state index is 10.6. The average molecular weight is 209 g/mol. The molecule has 1 heterocycles. The lowest BCUT2D eigenvalue weighted by Gasteiger charge is -1.96. The van der Waals surface area contributed by atoms with Gasteiger partial charge in [0, 0.05) is 15.2 Å². The van der Waals surface area contributed by atoms with Crippen molar-refractivity contribution in [2.75, 3.05) is 5.73 Å². The molecule has 0 saturated carbocycles. The molecule has 0 unspecified atom stereocenters. The molecule has 0 fully saturated rings. The normalized spacial score (nSPS) is 10.5. The Bertz CT molecular complexity index is 476. The molecule has 0 spiro atoms. The first-order valence-corrected chi connectivity index (χ1v) is 4.94. The van der Waals surface area contributed by atoms with Crippen molar-refractivity contribution < 1.29 is 4.79 Å². The molecule has 13 heavy (non-hydrogen) atoms. The van der Waals surface area contributed by atoms with E-state index in [4.69, 9.17) is 5.73 Å². The summed E-state index contributed by atoms with van der Waals surface area (Å²) >= 11 is 5.70. The monoisotopic (exact) mass is 209 g/mol. The van der Waals surface area contributed by atoms with Crippen LogP contribution in [0.3, 0.4) is 0 Å². The smallest absolute Gasteiger partial charge is 0.151 e. The van der Waals surface area contributed by atoms with Gasteiger partial charge in [-0.15, -0.1) is 24.0 Å². The Morgan fingerprint density at radius 2 is 2.15 bits per heavy atom. The van der Waals surface area contributed by atoms with Crippen molar-refractivity contribution >= 4 is 45.3 Å². The summed E-state index contributed by atoms with van der Waals surface area (Å²) in [6.45, 7) is 0. The number of hydrogen-bond acceptors (Lipinski definition) is 4. The maximum Gasteiger partial charge on any atom is 0.151 e. The Hall–Kier alpha value is -1.00. The largest absolute Gasteiger partial charge is 0.391 e. The molecule has 2 aromatic rings. The molecule has 0 saturated heterocycles. The number of carbonyl (C=O) groups excluding carboxylic acids is 1. The fraction of sp³-hybridized carbons (Fsp3) is 0. The zero-order valence-electron chi connectivity index (χ0n) is 6.65. The quantitative estimate of drug-likeness (QED) is 0.560. The number of thiol groups is 1. The molecule has 66 valence electrons. The van der Waals surface area contributed by atoms with E-state index in [2.05, 4.69) is 12.6 Å². The van der Waals surface area contributed by atoms with Gasteiger partial charge in [0.25, 0.3) is 0 Å². The highest BCUT2D eigenvalue weighted by Crippen LogP contribution is 2.30. The Labute approximate surface area is 84.8 Å². The highest BCUT2D eigenvalue weighted by molar-refractivity contribution is 7.80. The van der Waals surface area contributed by atoms with Gasteiger partial charge in [0.15, 0.2) is 6.29 Å². The highest BCUT2D eigenvalue weighted by Gasteiger charge is 2.03. The predicted octanol–water partition coefficient (Wildman–Crippen LogP) is 2.58. The first-order valence-electron chi connectivity index (χ1n) is 3.68. The second-order valence-corrected chi connectivity index (χ2v) is 4.31. The minimum absolute atomic E-state index is 0.605. The Morgan fingerprint density at radius 3 is 2.85 bits per heavy atom. The van der Waals surface area contributed by atoms with Crippen LogP contribution in [-0.2, 0) is 0 Å². The van der Waals surface area contributed by atoms with Crippen molar-refractivity contribution in [1.82, 2.24) is 0 Å². The highest BCUT2D eigenvalue weighted by atomic mass is 32.1. The topological polar surface area (TPSA) is 43.1 Å². The fourth-order valence-corrected chi connectivity index (χ4v) is 2.39. The minimum atomic E-state index is 0.605. The van der Waals surface area contributed by atoms with Crippen molar-refractivity contribution in [2.24, 2.45) is 0 Å². The Balaban J connectivity index is 2.79. The molecule has 0 aliphatic rings. The zero-order valence-corrected chi connectivity index (χ0v) is 8.36. The summed E-state index contributed by atoms with van der Waals surface area (Å²) in [7, 11) is 0. The van der Waals surface area contributed by atoms with Gasteiger partial charge >= 0.3 is 0 Å². The van der Waals surface area contributed by atoms with Gasteiger partial charge in [0.2, 0.25) is 0 Å². The summed E-state index contributed by atoms with van der Waals surface area (Å²) in [6, 6.07) is 5.53. The number of fused-ring (bicyclic) bond motifs is 1. The van der Waals surface area contributed by atoms with Crippen molar-refractivity contribution in [2.45, 2.75) is 4.90 Å². The van der Waals surface area contributed by atoms with E-state index in [1.165, 1.54) is 11.3 Å². The lowest BCUT2D eigenvalue weighted by molar-refractivity contribution is 0.112. The second-order valence-electron chi connectivity index (χ2n) is 2.72. The molecule has 2 N–H and O–H groups in total. The van der Waals surface area contributed by atoms with Gasteiger partial charge in [-0.25, -0.2) is 0 Å². The summed E-state index contributed by atoms with van der Waals surface area (Å²) in [6.07, 6.45) is 0.801. The SMILES string of the molecule is Nc1cc2cc(C=O)c(S)cc2s1. The van der Waals surface area contributed by atoms with E-state index in [0.717, 1.165) is 21.4 Å². The number of rotatable bonds is 1. The summed E-state index contributed by atoms with van der Waals surface area (Å²) in [4.78, 5) is 11.3. The molecule has 1 aromatic heterocycles. The molecule has 0 bridgehead atoms. The van der Waals surface area contributed by atoms with Crippen LogP contribution in [0.15, 0.2) is 23.1 Å². The van der Waals surface area contributed by atoms with Crippen molar-refractivity contribution in [3.8, 4) is 0 Å². The summed E-state index contributed by atoms with van der Waals surface area (Å²) in [5.74, 6) is 0. The second kappa shape index (κ2) is 3.05. The predicted molar refractivity (Wildman–Crippen MR) is 58.9 cm³/mol. The first kappa shape index (κ1) is 8.59. The number of thiophene rings is 1. The van der Waals surface area contributed by atoms with Crippen LogP contribution in [0, 0.1) is 0 Å². The molecular weight excluding hydrogens is 202 g/mol. The Kier molecular flexibility index (Phi) is 2.01. The van der Waals surface area contributed by atoms with E-state index in [1.54, 1.807) is 6.07 Å². The molecule has 0 radical (unpaired) electrons. The van der Waals surface area contributed by atoms with E-state index in [9.17, 15) is 4.79 Å². The number of aldehydes is 1. The van der Waals surface area contributed by atoms with Crippen LogP contribution in [0.25, 0.3) is 10.1 Å². The third-order valence-electron chi connectivity index (χ3n) is 1.81. The van der Waals surface area contributed by atoms with Gasteiger partial charge in [0.05, 0.1) is 5.00 Å². The fourth-order valence-electron chi connectivity index (χ4n) is 1.21. The third kappa shape index (κ3) is 1.43. The van der Waals surface area contributed by atoms with Crippen LogP contribution in [-0.4, -0.2) is 6.29 Å². The number of nitrogens with two attached hydrogens (primary N) is 1. The number of anilines is 1. The number of benzene rings is 1. The number of hydrogen-bond donors (Lipinski definition) is 2. The van der Waals surface area contributed by atoms with Crippen LogP contribution in [0.1, 0.15) is 10.4 Å². The molecule has 0 aliphatic carbocycles. The van der Waals surface area contributed by atoms with E-state index >= 15 is 0 Å². The third-order valence-corrected chi connectivity index (χ3v) is 3.13. The van der Waals surface area contributed by atoms with Crippen LogP contribution in [0.4, 0.5) is 5.00 Å². The van der Waals surface area contributed by atoms with Crippen LogP contribution < -0.4 is 5.73 Å². The lowest BCUT2D eigenvalue weighted by atomic mass is 10.2. The zero-order chi connectivity index (χ0) is 9.42. The minimum Gasteiger partial charge on any atom is -0.391 e. The van der Waals surface area contributed by atoms with Crippen LogP contribution >= 0.6 is 24.0 Å². The van der Waals surface area contributed by atoms with Gasteiger partial charge in [-0.3, -0.25) is 4.79 Å². The Morgan fingerprint density at radius 1 is 1.38 bits per heavy atom. The molecule has 0 atom stereocenters. The van der Waals surface area contributed by atoms with Crippen molar-refractivity contribution in [3.63, 3.8) is 0 Å². The van der Waals surface area contributed by atoms with Crippen LogP contribution in [0.5, 0.6) is 0 Å². The van der Waals surface area contributed by atoms with Gasteiger partial charge in [-0.1, -0.05) is 0 Å². The maximum atomic E-state index is 10.6. The number of carbonyl (C=O) groups is 1. The van der Waals surface area contributed by atoms with Crippen LogP contribution in [0.2, 0.25) is 0 Å². The van der Waals surface area contributed by atoms with Crippen molar-refractivity contribution in [3.05, 3.63) is 23.8 Å². The van der Waals surface area contributed by atoms with Crippen molar-refractivity contribution in [1.29, 1.82) is 0 Å². The van der Waals surface area contributed by atoms with Gasteiger partial charge in [-0.05, 0) is 23.6 Å². The van der Waals surface area contributed by atoms with E-state index in [-0.39, 0.29) is 0 Å². The summed E-state index contributed by atoms with van der Waals surface area (Å²) < 4.78 is 1.06. The van der Waals surface area contributed by atoms with Gasteiger partial charge < -0.3 is 5.73 Å². The van der Waals surface area contributed by atoms with E-state index in [0.29, 0.717) is 10.5 Å². The molecule has 2 nitrogen and oxygen atoms in total. The molecular formula is C9H7NOS2. The summed E-state index contributed by atoms with van der Waals surface area (Å²) in [5.41, 5.74) is 6.24. The molecule has 0 aliphatic heterocycles. The standard InChI is InChI=1S/C9H7NOS2/c10-9-2-5-1-6(4-11)7(12)3-8(5)13-9/h1-4,12H,10H2. The molecule has 2 rings (SSSR count). The molecule has 0 amide bonds. The van der Waals surface area contributed by atoms with Gasteiger partial charge in [0.1, 0.15) is 0 Å². The number of nitrogen functional groups attached to an aromatic ring is 1. The first-order chi connectivity index (χ1) is 6.20.